The Labute approximate surface area is 279 Å². The lowest BCUT2D eigenvalue weighted by molar-refractivity contribution is -0.116. The van der Waals surface area contributed by atoms with Gasteiger partial charge in [0.1, 0.15) is 39.8 Å². The molecule has 2 heterocycles. The number of hydrogen-bond acceptors (Lipinski definition) is 9. The number of ether oxygens (including phenoxy) is 2. The quantitative estimate of drug-likeness (QED) is 0.112. The van der Waals surface area contributed by atoms with Crippen LogP contribution in [0.1, 0.15) is 50.2 Å². The number of carbonyl (C=O) groups excluding carboxylic acids is 1. The van der Waals surface area contributed by atoms with Gasteiger partial charge in [-0.2, -0.15) is 5.26 Å². The number of nitrogens with zero attached hydrogens (tertiary/aromatic N) is 2. The highest BCUT2D eigenvalue weighted by Crippen LogP contribution is 2.37. The fraction of sp³-hybridized carbons (Fsp3) is 0.303. The largest absolute Gasteiger partial charge is 0.492 e. The summed E-state index contributed by atoms with van der Waals surface area (Å²) in [6, 6.07) is 16.7. The highest BCUT2D eigenvalue weighted by molar-refractivity contribution is 8.64. The monoisotopic (exact) mass is 698 g/mol. The first-order valence-electron chi connectivity index (χ1n) is 14.9. The predicted octanol–water partition coefficient (Wildman–Crippen LogP) is 6.97. The Morgan fingerprint density at radius 3 is 2.68 bits per heavy atom. The van der Waals surface area contributed by atoms with Crippen molar-refractivity contribution in [3.8, 4) is 17.6 Å². The van der Waals surface area contributed by atoms with Crippen molar-refractivity contribution in [2.24, 2.45) is 0 Å². The van der Waals surface area contributed by atoms with E-state index in [0.29, 0.717) is 82.3 Å². The predicted molar refractivity (Wildman–Crippen MR) is 181 cm³/mol. The highest BCUT2D eigenvalue weighted by Gasteiger charge is 2.36. The molecule has 0 aliphatic carbocycles. The van der Waals surface area contributed by atoms with Crippen molar-refractivity contribution in [3.05, 3.63) is 82.8 Å². The third-order valence-electron chi connectivity index (χ3n) is 7.54. The lowest BCUT2D eigenvalue weighted by Gasteiger charge is -2.17. The highest BCUT2D eigenvalue weighted by atomic mass is 35.5. The van der Waals surface area contributed by atoms with E-state index in [1.54, 1.807) is 42.5 Å². The number of aromatic nitrogens is 1. The zero-order valence-corrected chi connectivity index (χ0v) is 27.8. The summed E-state index contributed by atoms with van der Waals surface area (Å²) in [4.78, 5) is 17.4. The maximum atomic E-state index is 13.5. The van der Waals surface area contributed by atoms with Crippen molar-refractivity contribution in [1.82, 2.24) is 4.98 Å². The third kappa shape index (κ3) is 8.38. The average Bonchev–Trinajstić information content (AvgIpc) is 3.30. The molecule has 4 aromatic rings. The number of unbranched alkanes of at least 4 members (excludes halogenated alkanes) is 1. The van der Waals surface area contributed by atoms with Gasteiger partial charge in [-0.05, 0) is 68.1 Å². The van der Waals surface area contributed by atoms with Crippen LogP contribution in [0, 0.1) is 17.1 Å². The van der Waals surface area contributed by atoms with Crippen molar-refractivity contribution in [2.75, 3.05) is 23.0 Å². The number of carbonyl (C=O) groups is 1. The average molecular weight is 699 g/mol. The smallest absolute Gasteiger partial charge is 0.229 e. The normalized spacial score (nSPS) is 16.8. The molecular formula is C33H32ClFN4O6S2. The Morgan fingerprint density at radius 1 is 1.15 bits per heavy atom. The number of hydrogen-bond donors (Lipinski definition) is 2. The fourth-order valence-electron chi connectivity index (χ4n) is 5.21. The Morgan fingerprint density at radius 2 is 1.98 bits per heavy atom. The van der Waals surface area contributed by atoms with Crippen LogP contribution in [-0.2, 0) is 30.1 Å². The SMILES string of the molecule is CCOc1cc2ncc(C#N)c(Nc3ccc(OCc4cccc(F)c4)c(Cl)c3)c2cc1NC(=O)CCCCC1CCS(=O)(=O)S1=O. The molecule has 1 saturated heterocycles. The summed E-state index contributed by atoms with van der Waals surface area (Å²) in [5, 5.41) is 16.5. The molecule has 1 aliphatic rings. The number of nitrogens with one attached hydrogen (secondary N) is 2. The summed E-state index contributed by atoms with van der Waals surface area (Å²) in [5.74, 6) is 0.114. The van der Waals surface area contributed by atoms with Crippen LogP contribution in [0.15, 0.2) is 60.8 Å². The summed E-state index contributed by atoms with van der Waals surface area (Å²) in [5.41, 5.74) is 2.83. The minimum atomic E-state index is -3.52. The molecule has 47 heavy (non-hydrogen) atoms. The van der Waals surface area contributed by atoms with Gasteiger partial charge in [-0.25, -0.2) is 17.0 Å². The maximum Gasteiger partial charge on any atom is 0.229 e. The zero-order valence-electron chi connectivity index (χ0n) is 25.4. The number of benzene rings is 3. The fourth-order valence-corrected chi connectivity index (χ4v) is 10.0. The van der Waals surface area contributed by atoms with Gasteiger partial charge in [-0.15, -0.1) is 0 Å². The number of fused-ring (bicyclic) bond motifs is 1. The van der Waals surface area contributed by atoms with Gasteiger partial charge in [0, 0.05) is 29.8 Å². The first-order valence-corrected chi connectivity index (χ1v) is 18.7. The van der Waals surface area contributed by atoms with Crippen molar-refractivity contribution < 1.29 is 31.3 Å². The molecule has 0 spiro atoms. The molecule has 246 valence electrons. The molecule has 0 saturated carbocycles. The second-order valence-electron chi connectivity index (χ2n) is 10.9. The Hall–Kier alpha value is -4.25. The molecule has 2 N–H and O–H groups in total. The van der Waals surface area contributed by atoms with Gasteiger partial charge < -0.3 is 20.1 Å². The van der Waals surface area contributed by atoms with Gasteiger partial charge in [-0.1, -0.05) is 30.2 Å². The molecule has 1 aromatic heterocycles. The van der Waals surface area contributed by atoms with Crippen molar-refractivity contribution in [1.29, 1.82) is 5.26 Å². The third-order valence-corrected chi connectivity index (χ3v) is 12.9. The summed E-state index contributed by atoms with van der Waals surface area (Å²) >= 11 is 6.51. The molecule has 1 amide bonds. The van der Waals surface area contributed by atoms with Crippen molar-refractivity contribution in [2.45, 2.75) is 50.9 Å². The molecule has 0 bridgehead atoms. The van der Waals surface area contributed by atoms with E-state index in [2.05, 4.69) is 21.7 Å². The van der Waals surface area contributed by atoms with E-state index < -0.39 is 18.7 Å². The molecule has 5 rings (SSSR count). The topological polar surface area (TPSA) is 147 Å². The van der Waals surface area contributed by atoms with Crippen LogP contribution in [0.3, 0.4) is 0 Å². The Kier molecular flexibility index (Phi) is 11.0. The van der Waals surface area contributed by atoms with Gasteiger partial charge in [0.05, 0.1) is 45.1 Å². The lowest BCUT2D eigenvalue weighted by atomic mass is 10.1. The van der Waals surface area contributed by atoms with Gasteiger partial charge in [0.2, 0.25) is 14.8 Å². The second-order valence-corrected chi connectivity index (χ2v) is 16.5. The standard InChI is InChI=1S/C33H32ClFN4O6S2/c1-2-44-31-17-28-26(16-29(31)39-32(40)9-4-3-8-25-12-13-47(42,43)46(25)41)33(22(18-36)19-37-28)38-24-10-11-30(27(34)15-24)45-20-21-6-5-7-23(35)14-21/h5-7,10-11,14-17,19,25H,2-4,8-9,12-13,20H2,1H3,(H,37,38)(H,39,40). The number of nitriles is 1. The van der Waals surface area contributed by atoms with E-state index in [0.717, 1.165) is 0 Å². The van der Waals surface area contributed by atoms with Gasteiger partial charge in [0.25, 0.3) is 0 Å². The first kappa shape index (κ1) is 34.1. The minimum absolute atomic E-state index is 0.0586. The second kappa shape index (κ2) is 15.1. The molecule has 1 fully saturated rings. The van der Waals surface area contributed by atoms with E-state index >= 15 is 0 Å². The lowest BCUT2D eigenvalue weighted by Crippen LogP contribution is -2.14. The molecule has 14 heteroatoms. The minimum Gasteiger partial charge on any atom is -0.492 e. The molecule has 2 unspecified atom stereocenters. The summed E-state index contributed by atoms with van der Waals surface area (Å²) in [6.07, 6.45) is 3.53. The van der Waals surface area contributed by atoms with E-state index in [-0.39, 0.29) is 41.3 Å². The van der Waals surface area contributed by atoms with Crippen LogP contribution in [0.2, 0.25) is 5.02 Å². The van der Waals surface area contributed by atoms with Gasteiger partial charge in [0.15, 0.2) is 0 Å². The summed E-state index contributed by atoms with van der Waals surface area (Å²) in [6.45, 7) is 2.28. The van der Waals surface area contributed by atoms with Crippen LogP contribution < -0.4 is 20.1 Å². The molecule has 0 radical (unpaired) electrons. The van der Waals surface area contributed by atoms with Crippen LogP contribution in [-0.4, -0.2) is 41.1 Å². The van der Waals surface area contributed by atoms with E-state index in [1.165, 1.54) is 18.3 Å². The molecular weight excluding hydrogens is 667 g/mol. The Balaban J connectivity index is 1.32. The molecule has 3 aromatic carbocycles. The van der Waals surface area contributed by atoms with E-state index in [9.17, 15) is 27.1 Å². The molecule has 10 nitrogen and oxygen atoms in total. The van der Waals surface area contributed by atoms with Crippen LogP contribution in [0.25, 0.3) is 10.9 Å². The molecule has 2 atom stereocenters. The number of amides is 1. The Bertz CT molecular complexity index is 1990. The van der Waals surface area contributed by atoms with Crippen molar-refractivity contribution >= 4 is 64.2 Å². The van der Waals surface area contributed by atoms with E-state index in [1.807, 2.05) is 6.92 Å². The number of rotatable bonds is 13. The number of anilines is 3. The van der Waals surface area contributed by atoms with Crippen LogP contribution in [0.5, 0.6) is 11.5 Å². The summed E-state index contributed by atoms with van der Waals surface area (Å²) in [7, 11) is -5.39. The van der Waals surface area contributed by atoms with Crippen LogP contribution in [0.4, 0.5) is 21.5 Å². The number of pyridine rings is 1. The van der Waals surface area contributed by atoms with Crippen molar-refractivity contribution in [3.63, 3.8) is 0 Å². The van der Waals surface area contributed by atoms with Crippen LogP contribution >= 0.6 is 11.6 Å². The van der Waals surface area contributed by atoms with Gasteiger partial charge in [-0.3, -0.25) is 9.78 Å². The van der Waals surface area contributed by atoms with Gasteiger partial charge >= 0.3 is 0 Å². The maximum absolute atomic E-state index is 13.5. The number of halogens is 2. The zero-order chi connectivity index (χ0) is 33.6. The van der Waals surface area contributed by atoms with E-state index in [4.69, 9.17) is 21.1 Å². The first-order chi connectivity index (χ1) is 22.6. The summed E-state index contributed by atoms with van der Waals surface area (Å²) < 4.78 is 60.7. The molecule has 1 aliphatic heterocycles.